The molecular weight excluding hydrogens is 388 g/mol. The van der Waals surface area contributed by atoms with E-state index >= 15 is 0 Å². The van der Waals surface area contributed by atoms with E-state index in [-0.39, 0.29) is 29.9 Å². The number of rotatable bonds is 7. The number of nitrogens with two attached hydrogens (primary N) is 1. The van der Waals surface area contributed by atoms with Gasteiger partial charge in [-0.05, 0) is 48.6 Å². The van der Waals surface area contributed by atoms with E-state index in [0.29, 0.717) is 21.8 Å². The third-order valence-electron chi connectivity index (χ3n) is 4.49. The second kappa shape index (κ2) is 8.39. The van der Waals surface area contributed by atoms with Crippen LogP contribution in [0.25, 0.3) is 0 Å². The van der Waals surface area contributed by atoms with Gasteiger partial charge in [0.25, 0.3) is 0 Å². The van der Waals surface area contributed by atoms with E-state index in [0.717, 1.165) is 19.3 Å². The van der Waals surface area contributed by atoms with Crippen LogP contribution in [-0.4, -0.2) is 20.4 Å². The van der Waals surface area contributed by atoms with E-state index in [2.05, 4.69) is 5.32 Å². The summed E-state index contributed by atoms with van der Waals surface area (Å²) in [7, 11) is -3.95. The smallest absolute Gasteiger partial charge is 0.238 e. The van der Waals surface area contributed by atoms with E-state index in [1.807, 2.05) is 0 Å². The summed E-state index contributed by atoms with van der Waals surface area (Å²) >= 11 is 6.06. The van der Waals surface area contributed by atoms with Gasteiger partial charge >= 0.3 is 0 Å². The van der Waals surface area contributed by atoms with Crippen LogP contribution in [-0.2, 0) is 32.6 Å². The molecule has 0 aromatic heterocycles. The van der Waals surface area contributed by atoms with Gasteiger partial charge in [-0.1, -0.05) is 35.9 Å². The zero-order valence-corrected chi connectivity index (χ0v) is 16.2. The van der Waals surface area contributed by atoms with Crippen molar-refractivity contribution in [3.05, 3.63) is 58.6 Å². The normalized spacial score (nSPS) is 14.6. The standard InChI is InChI=1S/C19H21ClN2O4S/c20-17-7-2-1-4-13(17)10-19(23)22-15-9-8-14(12-26-16-5-3-6-16)18(11-15)27(21,24)25/h1-2,4,7-9,11,16H,3,5-6,10,12H2,(H,22,23)(H2,21,24,25). The maximum Gasteiger partial charge on any atom is 0.238 e. The zero-order valence-electron chi connectivity index (χ0n) is 14.7. The molecule has 1 amide bonds. The van der Waals surface area contributed by atoms with Crippen molar-refractivity contribution in [3.63, 3.8) is 0 Å². The molecule has 27 heavy (non-hydrogen) atoms. The van der Waals surface area contributed by atoms with Crippen molar-refractivity contribution in [2.75, 3.05) is 5.32 Å². The van der Waals surface area contributed by atoms with Crippen LogP contribution in [0.5, 0.6) is 0 Å². The van der Waals surface area contributed by atoms with Crippen LogP contribution < -0.4 is 10.5 Å². The molecular formula is C19H21ClN2O4S. The molecule has 0 spiro atoms. The quantitative estimate of drug-likeness (QED) is 0.734. The molecule has 0 heterocycles. The highest BCUT2D eigenvalue weighted by Crippen LogP contribution is 2.26. The van der Waals surface area contributed by atoms with Crippen LogP contribution in [0, 0.1) is 0 Å². The van der Waals surface area contributed by atoms with Gasteiger partial charge in [-0.15, -0.1) is 0 Å². The lowest BCUT2D eigenvalue weighted by Crippen LogP contribution is -2.22. The van der Waals surface area contributed by atoms with Crippen molar-refractivity contribution in [2.45, 2.75) is 43.3 Å². The summed E-state index contributed by atoms with van der Waals surface area (Å²) in [4.78, 5) is 12.2. The Labute approximate surface area is 163 Å². The monoisotopic (exact) mass is 408 g/mol. The molecule has 6 nitrogen and oxygen atoms in total. The summed E-state index contributed by atoms with van der Waals surface area (Å²) in [5, 5.41) is 8.53. The van der Waals surface area contributed by atoms with Gasteiger partial charge in [0.1, 0.15) is 0 Å². The maximum absolute atomic E-state index is 12.3. The van der Waals surface area contributed by atoms with Gasteiger partial charge in [0.2, 0.25) is 15.9 Å². The van der Waals surface area contributed by atoms with Crippen molar-refractivity contribution in [2.24, 2.45) is 5.14 Å². The highest BCUT2D eigenvalue weighted by atomic mass is 35.5. The number of nitrogens with one attached hydrogen (secondary N) is 1. The van der Waals surface area contributed by atoms with Gasteiger partial charge in [0.05, 0.1) is 24.0 Å². The van der Waals surface area contributed by atoms with Gasteiger partial charge < -0.3 is 10.1 Å². The number of carbonyl (C=O) groups excluding carboxylic acids is 1. The molecule has 3 N–H and O–H groups in total. The lowest BCUT2D eigenvalue weighted by Gasteiger charge is -2.26. The Bertz CT molecular complexity index is 942. The molecule has 1 aliphatic rings. The summed E-state index contributed by atoms with van der Waals surface area (Å²) < 4.78 is 29.6. The summed E-state index contributed by atoms with van der Waals surface area (Å²) in [6.07, 6.45) is 3.36. The number of carbonyl (C=O) groups is 1. The second-order valence-corrected chi connectivity index (χ2v) is 8.48. The average Bonchev–Trinajstić information content (AvgIpc) is 2.55. The number of benzene rings is 2. The molecule has 0 saturated heterocycles. The first-order chi connectivity index (χ1) is 12.8. The first-order valence-corrected chi connectivity index (χ1v) is 10.6. The van der Waals surface area contributed by atoms with Gasteiger partial charge in [-0.3, -0.25) is 4.79 Å². The van der Waals surface area contributed by atoms with Gasteiger partial charge in [0.15, 0.2) is 0 Å². The average molecular weight is 409 g/mol. The topological polar surface area (TPSA) is 98.5 Å². The molecule has 0 bridgehead atoms. The third kappa shape index (κ3) is 5.29. The van der Waals surface area contributed by atoms with Crippen molar-refractivity contribution in [1.82, 2.24) is 0 Å². The first-order valence-electron chi connectivity index (χ1n) is 8.63. The number of hydrogen-bond acceptors (Lipinski definition) is 4. The molecule has 0 aliphatic heterocycles. The minimum absolute atomic E-state index is 0.0441. The van der Waals surface area contributed by atoms with Crippen LogP contribution in [0.3, 0.4) is 0 Å². The lowest BCUT2D eigenvalue weighted by molar-refractivity contribution is -0.115. The van der Waals surface area contributed by atoms with Crippen LogP contribution in [0.1, 0.15) is 30.4 Å². The van der Waals surface area contributed by atoms with E-state index in [1.165, 1.54) is 6.07 Å². The Kier molecular flexibility index (Phi) is 6.16. The zero-order chi connectivity index (χ0) is 19.4. The molecule has 1 saturated carbocycles. The number of ether oxygens (including phenoxy) is 1. The number of sulfonamides is 1. The molecule has 2 aromatic carbocycles. The van der Waals surface area contributed by atoms with Crippen LogP contribution >= 0.6 is 11.6 Å². The molecule has 0 radical (unpaired) electrons. The van der Waals surface area contributed by atoms with E-state index in [4.69, 9.17) is 21.5 Å². The molecule has 0 unspecified atom stereocenters. The maximum atomic E-state index is 12.3. The van der Waals surface area contributed by atoms with Crippen molar-refractivity contribution in [1.29, 1.82) is 0 Å². The summed E-state index contributed by atoms with van der Waals surface area (Å²) in [5.41, 5.74) is 1.52. The number of amides is 1. The largest absolute Gasteiger partial charge is 0.373 e. The molecule has 8 heteroatoms. The van der Waals surface area contributed by atoms with E-state index in [1.54, 1.807) is 36.4 Å². The fourth-order valence-corrected chi connectivity index (χ4v) is 3.77. The summed E-state index contributed by atoms with van der Waals surface area (Å²) in [6, 6.07) is 11.7. The Morgan fingerprint density at radius 3 is 2.56 bits per heavy atom. The van der Waals surface area contributed by atoms with Crippen LogP contribution in [0.2, 0.25) is 5.02 Å². The fourth-order valence-electron chi connectivity index (χ4n) is 2.78. The second-order valence-electron chi connectivity index (χ2n) is 6.55. The number of primary sulfonamides is 1. The first kappa shape index (κ1) is 19.8. The van der Waals surface area contributed by atoms with Gasteiger partial charge in [-0.25, -0.2) is 13.6 Å². The van der Waals surface area contributed by atoms with Crippen molar-refractivity contribution < 1.29 is 17.9 Å². The third-order valence-corrected chi connectivity index (χ3v) is 5.85. The highest BCUT2D eigenvalue weighted by Gasteiger charge is 2.21. The molecule has 2 aromatic rings. The molecule has 144 valence electrons. The minimum Gasteiger partial charge on any atom is -0.373 e. The van der Waals surface area contributed by atoms with Gasteiger partial charge in [0, 0.05) is 10.7 Å². The number of halogens is 1. The Morgan fingerprint density at radius 1 is 1.19 bits per heavy atom. The van der Waals surface area contributed by atoms with Crippen LogP contribution in [0.4, 0.5) is 5.69 Å². The number of anilines is 1. The molecule has 3 rings (SSSR count). The van der Waals surface area contributed by atoms with E-state index < -0.39 is 10.0 Å². The predicted octanol–water partition coefficient (Wildman–Crippen LogP) is 3.24. The Hall–Kier alpha value is -1.93. The summed E-state index contributed by atoms with van der Waals surface area (Å²) in [5.74, 6) is -0.304. The van der Waals surface area contributed by atoms with Crippen molar-refractivity contribution in [3.8, 4) is 0 Å². The molecule has 1 fully saturated rings. The lowest BCUT2D eigenvalue weighted by atomic mass is 9.96. The summed E-state index contributed by atoms with van der Waals surface area (Å²) in [6.45, 7) is 0.171. The van der Waals surface area contributed by atoms with Gasteiger partial charge in [-0.2, -0.15) is 0 Å². The Balaban J connectivity index is 1.73. The highest BCUT2D eigenvalue weighted by molar-refractivity contribution is 7.89. The predicted molar refractivity (Wildman–Crippen MR) is 104 cm³/mol. The molecule has 0 atom stereocenters. The van der Waals surface area contributed by atoms with Crippen molar-refractivity contribution >= 4 is 33.2 Å². The van der Waals surface area contributed by atoms with Crippen LogP contribution in [0.15, 0.2) is 47.4 Å². The SMILES string of the molecule is NS(=O)(=O)c1cc(NC(=O)Cc2ccccc2Cl)ccc1COC1CCC1. The fraction of sp³-hybridized carbons (Fsp3) is 0.316. The number of hydrogen-bond donors (Lipinski definition) is 2. The van der Waals surface area contributed by atoms with E-state index in [9.17, 15) is 13.2 Å². The minimum atomic E-state index is -3.95. The molecule has 1 aliphatic carbocycles. The Morgan fingerprint density at radius 2 is 1.93 bits per heavy atom.